The molecule has 0 N–H and O–H groups in total. The second kappa shape index (κ2) is 8.52. The number of methoxy groups -OCH3 is 3. The maximum Gasteiger partial charge on any atom is 0.259 e. The normalized spacial score (nSPS) is 11.3. The number of halogens is 1. The Morgan fingerprint density at radius 3 is 1.07 bits per heavy atom. The Kier molecular flexibility index (Phi) is 6.25. The van der Waals surface area contributed by atoms with E-state index in [0.717, 1.165) is 49.5 Å². The van der Waals surface area contributed by atoms with Crippen molar-refractivity contribution in [1.29, 1.82) is 0 Å². The summed E-state index contributed by atoms with van der Waals surface area (Å²) in [6.07, 6.45) is 0. The van der Waals surface area contributed by atoms with Gasteiger partial charge in [-0.3, -0.25) is 0 Å². The van der Waals surface area contributed by atoms with Crippen LogP contribution >= 0.6 is 11.1 Å². The minimum absolute atomic E-state index is 0.780. The lowest BCUT2D eigenvalue weighted by Crippen LogP contribution is -2.65. The van der Waals surface area contributed by atoms with E-state index in [1.165, 1.54) is 0 Å². The van der Waals surface area contributed by atoms with E-state index < -0.39 is 7.38 Å². The zero-order valence-electron chi connectivity index (χ0n) is 17.8. The van der Waals surface area contributed by atoms with E-state index in [0.29, 0.717) is 0 Å². The van der Waals surface area contributed by atoms with E-state index in [4.69, 9.17) is 25.3 Å². The minimum atomic E-state index is -3.11. The summed E-state index contributed by atoms with van der Waals surface area (Å²) in [5.74, 6) is 2.34. The van der Waals surface area contributed by atoms with Crippen molar-refractivity contribution >= 4 is 34.0 Å². The first kappa shape index (κ1) is 21.3. The molecule has 29 heavy (non-hydrogen) atoms. The number of rotatable bonds is 6. The van der Waals surface area contributed by atoms with Gasteiger partial charge in [0, 0.05) is 15.6 Å². The fourth-order valence-corrected chi connectivity index (χ4v) is 10.5. The standard InChI is InChI=1S/C24H27ClO3Si/c1-16-10-7-13-19(26-4)22(16)29(25,23-17(2)11-8-14-20(23)27-5)24-18(3)12-9-15-21(24)28-6/h7-15H,1-6H3. The van der Waals surface area contributed by atoms with Gasteiger partial charge in [-0.15, -0.1) is 11.1 Å². The predicted molar refractivity (Wildman–Crippen MR) is 124 cm³/mol. The van der Waals surface area contributed by atoms with Crippen molar-refractivity contribution in [1.82, 2.24) is 0 Å². The van der Waals surface area contributed by atoms with Crippen LogP contribution in [0.15, 0.2) is 54.6 Å². The fourth-order valence-electron chi connectivity index (χ4n) is 4.13. The largest absolute Gasteiger partial charge is 0.497 e. The van der Waals surface area contributed by atoms with Crippen molar-refractivity contribution in [3.63, 3.8) is 0 Å². The number of hydrogen-bond acceptors (Lipinski definition) is 3. The van der Waals surface area contributed by atoms with Crippen LogP contribution in [-0.2, 0) is 0 Å². The number of benzene rings is 3. The van der Waals surface area contributed by atoms with Gasteiger partial charge in [-0.25, -0.2) is 0 Å². The average molecular weight is 427 g/mol. The molecule has 0 aliphatic heterocycles. The van der Waals surface area contributed by atoms with Gasteiger partial charge in [-0.05, 0) is 55.7 Å². The Bertz CT molecular complexity index is 903. The van der Waals surface area contributed by atoms with Crippen LogP contribution in [0.25, 0.3) is 0 Å². The summed E-state index contributed by atoms with van der Waals surface area (Å²) in [6.45, 7) is 6.24. The van der Waals surface area contributed by atoms with Gasteiger partial charge in [0.1, 0.15) is 17.2 Å². The molecule has 0 spiro atoms. The first-order valence-corrected chi connectivity index (χ1v) is 12.5. The third-order valence-corrected chi connectivity index (χ3v) is 11.1. The summed E-state index contributed by atoms with van der Waals surface area (Å²) >= 11 is 7.88. The fraction of sp³-hybridized carbons (Fsp3) is 0.250. The molecule has 0 aromatic heterocycles. The van der Waals surface area contributed by atoms with E-state index in [-0.39, 0.29) is 0 Å². The molecular formula is C24H27ClO3Si. The van der Waals surface area contributed by atoms with E-state index in [9.17, 15) is 0 Å². The maximum absolute atomic E-state index is 7.88. The zero-order valence-corrected chi connectivity index (χ0v) is 19.6. The first-order chi connectivity index (χ1) is 13.9. The highest BCUT2D eigenvalue weighted by Gasteiger charge is 2.47. The van der Waals surface area contributed by atoms with E-state index >= 15 is 0 Å². The summed E-state index contributed by atoms with van der Waals surface area (Å²) in [5.41, 5.74) is 3.25. The van der Waals surface area contributed by atoms with Crippen LogP contribution < -0.4 is 29.8 Å². The van der Waals surface area contributed by atoms with Gasteiger partial charge in [0.05, 0.1) is 21.3 Å². The van der Waals surface area contributed by atoms with Crippen molar-refractivity contribution in [2.45, 2.75) is 20.8 Å². The Morgan fingerprint density at radius 1 is 0.552 bits per heavy atom. The lowest BCUT2D eigenvalue weighted by Gasteiger charge is -2.33. The van der Waals surface area contributed by atoms with Crippen LogP contribution in [0, 0.1) is 20.8 Å². The minimum Gasteiger partial charge on any atom is -0.497 e. The Morgan fingerprint density at radius 2 is 0.828 bits per heavy atom. The quantitative estimate of drug-likeness (QED) is 0.340. The highest BCUT2D eigenvalue weighted by Crippen LogP contribution is 2.29. The Balaban J connectivity index is 2.56. The Labute approximate surface area is 178 Å². The van der Waals surface area contributed by atoms with Crippen molar-refractivity contribution in [3.05, 3.63) is 71.3 Å². The number of hydrogen-bond donors (Lipinski definition) is 0. The van der Waals surface area contributed by atoms with Gasteiger partial charge in [-0.1, -0.05) is 36.4 Å². The molecule has 0 bridgehead atoms. The van der Waals surface area contributed by atoms with Crippen molar-refractivity contribution in [2.24, 2.45) is 0 Å². The van der Waals surface area contributed by atoms with Gasteiger partial charge >= 0.3 is 0 Å². The first-order valence-electron chi connectivity index (χ1n) is 9.51. The van der Waals surface area contributed by atoms with Crippen LogP contribution in [-0.4, -0.2) is 28.7 Å². The van der Waals surface area contributed by atoms with Gasteiger partial charge < -0.3 is 14.2 Å². The Hall–Kier alpha value is -2.43. The molecular weight excluding hydrogens is 400 g/mol. The summed E-state index contributed by atoms with van der Waals surface area (Å²) in [4.78, 5) is 0. The van der Waals surface area contributed by atoms with Gasteiger partial charge in [0.2, 0.25) is 0 Å². The molecule has 0 radical (unpaired) electrons. The van der Waals surface area contributed by atoms with Crippen molar-refractivity contribution in [2.75, 3.05) is 21.3 Å². The van der Waals surface area contributed by atoms with Gasteiger partial charge in [0.25, 0.3) is 7.38 Å². The molecule has 5 heteroatoms. The smallest absolute Gasteiger partial charge is 0.259 e. The molecule has 0 heterocycles. The lowest BCUT2D eigenvalue weighted by molar-refractivity contribution is 0.415. The number of ether oxygens (including phenoxy) is 3. The summed E-state index contributed by atoms with van der Waals surface area (Å²) in [7, 11) is 1.96. The topological polar surface area (TPSA) is 27.7 Å². The molecule has 152 valence electrons. The van der Waals surface area contributed by atoms with Crippen LogP contribution in [0.4, 0.5) is 0 Å². The van der Waals surface area contributed by atoms with Crippen LogP contribution in [0.2, 0.25) is 0 Å². The zero-order chi connectivity index (χ0) is 21.2. The molecule has 3 aromatic rings. The van der Waals surface area contributed by atoms with Gasteiger partial charge in [-0.2, -0.15) is 0 Å². The summed E-state index contributed by atoms with van der Waals surface area (Å²) < 4.78 is 17.4. The molecule has 0 atom stereocenters. The SMILES string of the molecule is COc1cccc(C)c1[Si](Cl)(c1c(C)cccc1OC)c1c(C)cccc1OC. The molecule has 0 fully saturated rings. The van der Waals surface area contributed by atoms with Crippen LogP contribution in [0.5, 0.6) is 17.2 Å². The van der Waals surface area contributed by atoms with E-state index in [1.54, 1.807) is 21.3 Å². The monoisotopic (exact) mass is 426 g/mol. The predicted octanol–water partition coefficient (Wildman–Crippen LogP) is 3.84. The van der Waals surface area contributed by atoms with Crippen molar-refractivity contribution in [3.8, 4) is 17.2 Å². The van der Waals surface area contributed by atoms with E-state index in [1.807, 2.05) is 36.4 Å². The van der Waals surface area contributed by atoms with E-state index in [2.05, 4.69) is 39.0 Å². The van der Waals surface area contributed by atoms with Crippen LogP contribution in [0.1, 0.15) is 16.7 Å². The molecule has 3 rings (SSSR count). The van der Waals surface area contributed by atoms with Gasteiger partial charge in [0.15, 0.2) is 0 Å². The average Bonchev–Trinajstić information content (AvgIpc) is 2.72. The highest BCUT2D eigenvalue weighted by atomic mass is 35.6. The molecule has 0 amide bonds. The second-order valence-electron chi connectivity index (χ2n) is 7.11. The number of aryl methyl sites for hydroxylation is 3. The van der Waals surface area contributed by atoms with Crippen molar-refractivity contribution < 1.29 is 14.2 Å². The molecule has 3 nitrogen and oxygen atoms in total. The summed E-state index contributed by atoms with van der Waals surface area (Å²) in [6, 6.07) is 18.1. The third kappa shape index (κ3) is 3.51. The molecule has 0 aliphatic rings. The third-order valence-electron chi connectivity index (χ3n) is 5.40. The summed E-state index contributed by atoms with van der Waals surface area (Å²) in [5, 5.41) is 3.05. The molecule has 3 aromatic carbocycles. The molecule has 0 aliphatic carbocycles. The lowest BCUT2D eigenvalue weighted by atomic mass is 10.2. The maximum atomic E-state index is 7.88. The molecule has 0 saturated heterocycles. The highest BCUT2D eigenvalue weighted by molar-refractivity contribution is 7.41. The molecule has 0 unspecified atom stereocenters. The second-order valence-corrected chi connectivity index (χ2v) is 11.6. The van der Waals surface area contributed by atoms with Crippen LogP contribution in [0.3, 0.4) is 0 Å². The molecule has 0 saturated carbocycles.